The Hall–Kier alpha value is -1.20. The van der Waals surface area contributed by atoms with E-state index in [1.807, 2.05) is 0 Å². The van der Waals surface area contributed by atoms with Crippen molar-refractivity contribution in [1.82, 2.24) is 0 Å². The molecular weight excluding hydrogens is 365 g/mol. The van der Waals surface area contributed by atoms with Crippen molar-refractivity contribution in [2.24, 2.45) is 0 Å². The molecule has 0 aromatic heterocycles. The monoisotopic (exact) mass is 371 g/mol. The third kappa shape index (κ3) is 3.17. The molecule has 0 spiro atoms. The molecule has 0 radical (unpaired) electrons. The smallest absolute Gasteiger partial charge is 0.258 e. The molecule has 0 unspecified atom stereocenters. The van der Waals surface area contributed by atoms with Gasteiger partial charge >= 0.3 is 0 Å². The molecule has 0 saturated heterocycles. The van der Waals surface area contributed by atoms with E-state index >= 15 is 0 Å². The van der Waals surface area contributed by atoms with Crippen LogP contribution in [0.5, 0.6) is 0 Å². The predicted octanol–water partition coefficient (Wildman–Crippen LogP) is 4.60. The average molecular weight is 373 g/mol. The molecule has 0 aliphatic heterocycles. The van der Waals surface area contributed by atoms with Crippen LogP contribution in [0.3, 0.4) is 0 Å². The van der Waals surface area contributed by atoms with Gasteiger partial charge in [0, 0.05) is 14.6 Å². The highest BCUT2D eigenvalue weighted by Crippen LogP contribution is 2.18. The van der Waals surface area contributed by atoms with Gasteiger partial charge in [0.2, 0.25) is 0 Å². The van der Waals surface area contributed by atoms with Crippen LogP contribution in [0, 0.1) is 5.82 Å². The van der Waals surface area contributed by atoms with E-state index in [4.69, 9.17) is 0 Å². The molecule has 1 amide bonds. The van der Waals surface area contributed by atoms with Crippen molar-refractivity contribution in [3.63, 3.8) is 0 Å². The van der Waals surface area contributed by atoms with Crippen LogP contribution >= 0.6 is 31.9 Å². The number of carbonyl (C=O) groups excluding carboxylic acids is 1. The number of halogens is 3. The summed E-state index contributed by atoms with van der Waals surface area (Å²) in [4.78, 5) is 11.9. The van der Waals surface area contributed by atoms with Crippen molar-refractivity contribution >= 4 is 43.5 Å². The molecule has 2 rings (SSSR count). The van der Waals surface area contributed by atoms with Crippen LogP contribution in [0.1, 0.15) is 10.4 Å². The van der Waals surface area contributed by atoms with E-state index in [1.54, 1.807) is 30.3 Å². The van der Waals surface area contributed by atoms with E-state index in [0.717, 1.165) is 4.47 Å². The van der Waals surface area contributed by atoms with E-state index in [0.29, 0.717) is 10.2 Å². The summed E-state index contributed by atoms with van der Waals surface area (Å²) in [7, 11) is 0. The van der Waals surface area contributed by atoms with Crippen LogP contribution in [0.4, 0.5) is 10.1 Å². The lowest BCUT2D eigenvalue weighted by Crippen LogP contribution is -2.13. The van der Waals surface area contributed by atoms with Crippen molar-refractivity contribution in [2.75, 3.05) is 5.32 Å². The van der Waals surface area contributed by atoms with Gasteiger partial charge in [-0.2, -0.15) is 0 Å². The zero-order valence-corrected chi connectivity index (χ0v) is 12.3. The lowest BCUT2D eigenvalue weighted by atomic mass is 10.2. The summed E-state index contributed by atoms with van der Waals surface area (Å²) < 4.78 is 15.1. The summed E-state index contributed by atoms with van der Waals surface area (Å²) in [6, 6.07) is 11.3. The maximum Gasteiger partial charge on any atom is 0.258 e. The predicted molar refractivity (Wildman–Crippen MR) is 76.2 cm³/mol. The van der Waals surface area contributed by atoms with Crippen molar-refractivity contribution in [3.8, 4) is 0 Å². The fourth-order valence-electron chi connectivity index (χ4n) is 1.40. The van der Waals surface area contributed by atoms with Crippen LogP contribution < -0.4 is 5.32 Å². The fraction of sp³-hybridized carbons (Fsp3) is 0. The van der Waals surface area contributed by atoms with Gasteiger partial charge in [0.1, 0.15) is 5.82 Å². The van der Waals surface area contributed by atoms with E-state index in [-0.39, 0.29) is 5.56 Å². The molecule has 0 saturated carbocycles. The highest BCUT2D eigenvalue weighted by Gasteiger charge is 2.12. The Kier molecular flexibility index (Phi) is 4.14. The Morgan fingerprint density at radius 1 is 1.00 bits per heavy atom. The Balaban J connectivity index is 2.21. The van der Waals surface area contributed by atoms with Gasteiger partial charge in [-0.05, 0) is 42.5 Å². The van der Waals surface area contributed by atoms with Gasteiger partial charge in [-0.1, -0.05) is 31.9 Å². The molecular formula is C13H8Br2FNO. The third-order valence-corrected chi connectivity index (χ3v) is 3.30. The molecule has 1 N–H and O–H groups in total. The highest BCUT2D eigenvalue weighted by molar-refractivity contribution is 9.10. The molecule has 2 aromatic carbocycles. The molecule has 0 fully saturated rings. The summed E-state index contributed by atoms with van der Waals surface area (Å²) in [5, 5.41) is 2.63. The zero-order valence-electron chi connectivity index (χ0n) is 9.08. The van der Waals surface area contributed by atoms with Gasteiger partial charge in [-0.3, -0.25) is 4.79 Å². The summed E-state index contributed by atoms with van der Waals surface area (Å²) in [6.45, 7) is 0. The summed E-state index contributed by atoms with van der Waals surface area (Å²) >= 11 is 6.51. The minimum Gasteiger partial charge on any atom is -0.322 e. The first-order valence-electron chi connectivity index (χ1n) is 5.08. The number of nitrogens with one attached hydrogen (secondary N) is 1. The quantitative estimate of drug-likeness (QED) is 0.819. The van der Waals surface area contributed by atoms with Crippen LogP contribution in [0.15, 0.2) is 51.4 Å². The number of anilines is 1. The Labute approximate surface area is 120 Å². The topological polar surface area (TPSA) is 29.1 Å². The van der Waals surface area contributed by atoms with Crippen LogP contribution in [-0.2, 0) is 0 Å². The first-order chi connectivity index (χ1) is 8.56. The molecule has 18 heavy (non-hydrogen) atoms. The number of hydrogen-bond donors (Lipinski definition) is 1. The van der Waals surface area contributed by atoms with Crippen molar-refractivity contribution < 1.29 is 9.18 Å². The molecule has 2 nitrogen and oxygen atoms in total. The number of carbonyl (C=O) groups is 1. The number of hydrogen-bond acceptors (Lipinski definition) is 1. The molecule has 0 aliphatic carbocycles. The Bertz CT molecular complexity index is 584. The minimum atomic E-state index is -0.548. The van der Waals surface area contributed by atoms with E-state index in [2.05, 4.69) is 37.2 Å². The fourth-order valence-corrected chi connectivity index (χ4v) is 2.03. The second-order valence-electron chi connectivity index (χ2n) is 3.59. The van der Waals surface area contributed by atoms with Crippen molar-refractivity contribution in [3.05, 3.63) is 62.8 Å². The van der Waals surface area contributed by atoms with Crippen LogP contribution in [0.2, 0.25) is 0 Å². The zero-order chi connectivity index (χ0) is 13.1. The van der Waals surface area contributed by atoms with Crippen molar-refractivity contribution in [1.29, 1.82) is 0 Å². The average Bonchev–Trinajstić information content (AvgIpc) is 2.35. The summed E-state index contributed by atoms with van der Waals surface area (Å²) in [6.07, 6.45) is 0. The normalized spacial score (nSPS) is 10.2. The molecule has 2 aromatic rings. The van der Waals surface area contributed by atoms with Crippen LogP contribution in [0.25, 0.3) is 0 Å². The van der Waals surface area contributed by atoms with Crippen molar-refractivity contribution in [2.45, 2.75) is 0 Å². The van der Waals surface area contributed by atoms with Gasteiger partial charge in [0.25, 0.3) is 5.91 Å². The SMILES string of the molecule is O=C(Nc1ccc(Br)cc1)c1cc(Br)ccc1F. The standard InChI is InChI=1S/C13H8Br2FNO/c14-8-1-4-10(5-2-8)17-13(18)11-7-9(15)3-6-12(11)16/h1-7H,(H,17,18). The van der Waals surface area contributed by atoms with Gasteiger partial charge < -0.3 is 5.32 Å². The maximum absolute atomic E-state index is 13.5. The second-order valence-corrected chi connectivity index (χ2v) is 5.42. The summed E-state index contributed by atoms with van der Waals surface area (Å²) in [5.41, 5.74) is 0.620. The molecule has 0 atom stereocenters. The molecule has 0 heterocycles. The first kappa shape index (κ1) is 13.2. The van der Waals surface area contributed by atoms with Crippen LogP contribution in [-0.4, -0.2) is 5.91 Å². The van der Waals surface area contributed by atoms with E-state index < -0.39 is 11.7 Å². The Morgan fingerprint density at radius 2 is 1.61 bits per heavy atom. The largest absolute Gasteiger partial charge is 0.322 e. The molecule has 0 aliphatic rings. The van der Waals surface area contributed by atoms with Gasteiger partial charge in [0.05, 0.1) is 5.56 Å². The number of rotatable bonds is 2. The Morgan fingerprint density at radius 3 is 2.28 bits per heavy atom. The third-order valence-electron chi connectivity index (χ3n) is 2.28. The van der Waals surface area contributed by atoms with Gasteiger partial charge in [-0.25, -0.2) is 4.39 Å². The number of amides is 1. The van der Waals surface area contributed by atoms with E-state index in [9.17, 15) is 9.18 Å². The second kappa shape index (κ2) is 5.63. The van der Waals surface area contributed by atoms with Gasteiger partial charge in [0.15, 0.2) is 0 Å². The summed E-state index contributed by atoms with van der Waals surface area (Å²) in [5.74, 6) is -1.02. The lowest BCUT2D eigenvalue weighted by molar-refractivity contribution is 0.102. The van der Waals surface area contributed by atoms with Gasteiger partial charge in [-0.15, -0.1) is 0 Å². The molecule has 5 heteroatoms. The van der Waals surface area contributed by atoms with E-state index in [1.165, 1.54) is 12.1 Å². The minimum absolute atomic E-state index is 0.00675. The molecule has 0 bridgehead atoms. The highest BCUT2D eigenvalue weighted by atomic mass is 79.9. The first-order valence-corrected chi connectivity index (χ1v) is 6.67. The molecule has 92 valence electrons. The maximum atomic E-state index is 13.5. The number of benzene rings is 2. The lowest BCUT2D eigenvalue weighted by Gasteiger charge is -2.06.